The maximum atomic E-state index is 6.79. The summed E-state index contributed by atoms with van der Waals surface area (Å²) >= 11 is 0. The lowest BCUT2D eigenvalue weighted by Crippen LogP contribution is -2.47. The normalized spacial score (nSPS) is 30.8. The predicted octanol–water partition coefficient (Wildman–Crippen LogP) is 8.20. The van der Waals surface area contributed by atoms with E-state index in [1.54, 1.807) is 7.11 Å². The Hall–Kier alpha value is -0.769. The van der Waals surface area contributed by atoms with Gasteiger partial charge in [0, 0.05) is 5.56 Å². The second-order valence-corrected chi connectivity index (χ2v) is 27.8. The summed E-state index contributed by atoms with van der Waals surface area (Å²) in [7, 11) is -3.44. The molecule has 4 rings (SSSR count). The molecular formula is C28H50O4Si3. The maximum absolute atomic E-state index is 6.79. The minimum absolute atomic E-state index is 0.320. The highest BCUT2D eigenvalue weighted by molar-refractivity contribution is 6.71. The van der Waals surface area contributed by atoms with E-state index in [1.165, 1.54) is 43.2 Å². The number of hydrogen-bond donors (Lipinski definition) is 0. The van der Waals surface area contributed by atoms with Crippen molar-refractivity contribution < 1.29 is 18.0 Å². The highest BCUT2D eigenvalue weighted by Crippen LogP contribution is 2.63. The molecule has 0 N–H and O–H groups in total. The molecule has 4 nitrogen and oxygen atoms in total. The SMILES string of the molecule is COc1c(O[Si](C)(C)C)cc2c(c1O[Si](C)(C)C)CC[C@@H]1[C@@H]2CC[C@]2(C)[C@@H](O[Si](C)(C)C)CC[C@@H]12. The van der Waals surface area contributed by atoms with Crippen LogP contribution in [-0.2, 0) is 10.8 Å². The van der Waals surface area contributed by atoms with E-state index >= 15 is 0 Å². The van der Waals surface area contributed by atoms with E-state index in [4.69, 9.17) is 18.0 Å². The van der Waals surface area contributed by atoms with Gasteiger partial charge in [-0.3, -0.25) is 0 Å². The Labute approximate surface area is 217 Å². The molecule has 3 aliphatic rings. The van der Waals surface area contributed by atoms with E-state index in [2.05, 4.69) is 71.9 Å². The molecule has 0 aliphatic heterocycles. The van der Waals surface area contributed by atoms with Crippen LogP contribution in [0.25, 0.3) is 0 Å². The summed E-state index contributed by atoms with van der Waals surface area (Å²) in [6.07, 6.45) is 7.81. The average Bonchev–Trinajstić information content (AvgIpc) is 3.00. The molecule has 2 saturated carbocycles. The Bertz CT molecular complexity index is 943. The third-order valence-electron chi connectivity index (χ3n) is 8.34. The van der Waals surface area contributed by atoms with Gasteiger partial charge in [0.25, 0.3) is 0 Å². The first-order valence-corrected chi connectivity index (χ1v) is 24.0. The van der Waals surface area contributed by atoms with E-state index < -0.39 is 25.0 Å². The highest BCUT2D eigenvalue weighted by Gasteiger charge is 2.56. The molecule has 3 aliphatic carbocycles. The van der Waals surface area contributed by atoms with Crippen LogP contribution < -0.4 is 13.6 Å². The van der Waals surface area contributed by atoms with Crippen LogP contribution in [0.4, 0.5) is 0 Å². The van der Waals surface area contributed by atoms with Gasteiger partial charge in [0.05, 0.1) is 13.2 Å². The summed E-state index contributed by atoms with van der Waals surface area (Å²) in [6, 6.07) is 2.36. The summed E-state index contributed by atoms with van der Waals surface area (Å²) in [5, 5.41) is 0. The average molecular weight is 535 g/mol. The molecule has 35 heavy (non-hydrogen) atoms. The monoisotopic (exact) mass is 534 g/mol. The topological polar surface area (TPSA) is 36.9 Å². The van der Waals surface area contributed by atoms with Gasteiger partial charge in [-0.1, -0.05) is 6.92 Å². The molecule has 0 radical (unpaired) electrons. The highest BCUT2D eigenvalue weighted by atomic mass is 28.4. The number of ether oxygens (including phenoxy) is 1. The van der Waals surface area contributed by atoms with Crippen LogP contribution in [0.2, 0.25) is 58.9 Å². The molecule has 0 unspecified atom stereocenters. The van der Waals surface area contributed by atoms with Crippen LogP contribution in [0.5, 0.6) is 17.2 Å². The third kappa shape index (κ3) is 5.58. The standard InChI is InChI=1S/C28H50O4Si3/c1-28-17-16-19-20(23(28)14-15-25(28)31-34(6,7)8)12-13-21-22(19)18-24(30-33(3,4)5)27(29-2)26(21)32-35(9,10)11/h18-20,23,25H,12-17H2,1-11H3/t19-,20+,23-,25-,28-/m0/s1. The lowest BCUT2D eigenvalue weighted by Gasteiger charge is -2.51. The van der Waals surface area contributed by atoms with Gasteiger partial charge in [-0.15, -0.1) is 0 Å². The number of fused-ring (bicyclic) bond motifs is 5. The largest absolute Gasteiger partial charge is 0.542 e. The molecular weight excluding hydrogens is 485 g/mol. The lowest BCUT2D eigenvalue weighted by molar-refractivity contribution is -0.0142. The van der Waals surface area contributed by atoms with Crippen molar-refractivity contribution in [1.29, 1.82) is 0 Å². The Kier molecular flexibility index (Phi) is 7.17. The lowest BCUT2D eigenvalue weighted by atomic mass is 9.55. The minimum atomic E-state index is -1.83. The van der Waals surface area contributed by atoms with E-state index in [9.17, 15) is 0 Å². The Morgan fingerprint density at radius 1 is 0.800 bits per heavy atom. The zero-order chi connectivity index (χ0) is 26.0. The number of rotatable bonds is 7. The molecule has 2 fully saturated rings. The predicted molar refractivity (Wildman–Crippen MR) is 154 cm³/mol. The fourth-order valence-corrected chi connectivity index (χ4v) is 10.1. The van der Waals surface area contributed by atoms with Gasteiger partial charge in [-0.2, -0.15) is 0 Å². The molecule has 0 amide bonds. The zero-order valence-corrected chi connectivity index (χ0v) is 27.3. The van der Waals surface area contributed by atoms with Gasteiger partial charge in [-0.25, -0.2) is 0 Å². The maximum Gasteiger partial charge on any atom is 0.242 e. The van der Waals surface area contributed by atoms with Crippen molar-refractivity contribution in [2.75, 3.05) is 7.11 Å². The minimum Gasteiger partial charge on any atom is -0.542 e. The smallest absolute Gasteiger partial charge is 0.242 e. The molecule has 0 bridgehead atoms. The summed E-state index contributed by atoms with van der Waals surface area (Å²) in [4.78, 5) is 0. The first kappa shape index (κ1) is 27.3. The van der Waals surface area contributed by atoms with Crippen LogP contribution in [0.1, 0.15) is 56.1 Å². The first-order valence-electron chi connectivity index (χ1n) is 13.8. The van der Waals surface area contributed by atoms with Crippen molar-refractivity contribution >= 4 is 25.0 Å². The van der Waals surface area contributed by atoms with Crippen LogP contribution in [-0.4, -0.2) is 38.2 Å². The summed E-state index contributed by atoms with van der Waals surface area (Å²) < 4.78 is 26.2. The van der Waals surface area contributed by atoms with Crippen LogP contribution in [0.3, 0.4) is 0 Å². The molecule has 5 atom stereocenters. The van der Waals surface area contributed by atoms with E-state index in [0.29, 0.717) is 17.4 Å². The molecule has 0 heterocycles. The molecule has 7 heteroatoms. The molecule has 198 valence electrons. The van der Waals surface area contributed by atoms with E-state index in [0.717, 1.165) is 35.5 Å². The number of methoxy groups -OCH3 is 1. The summed E-state index contributed by atoms with van der Waals surface area (Å²) in [6.45, 7) is 23.1. The van der Waals surface area contributed by atoms with Crippen LogP contribution in [0.15, 0.2) is 6.07 Å². The van der Waals surface area contributed by atoms with Crippen molar-refractivity contribution in [3.63, 3.8) is 0 Å². The fraction of sp³-hybridized carbons (Fsp3) is 0.786. The second kappa shape index (κ2) is 9.21. The molecule has 0 aromatic heterocycles. The third-order valence-corrected chi connectivity index (χ3v) is 11.0. The Morgan fingerprint density at radius 3 is 2.03 bits per heavy atom. The van der Waals surface area contributed by atoms with Crippen molar-refractivity contribution in [3.05, 3.63) is 17.2 Å². The van der Waals surface area contributed by atoms with Gasteiger partial charge in [-0.05, 0) is 132 Å². The van der Waals surface area contributed by atoms with E-state index in [1.807, 2.05) is 0 Å². The molecule has 0 saturated heterocycles. The van der Waals surface area contributed by atoms with Crippen LogP contribution >= 0.6 is 0 Å². The first-order chi connectivity index (χ1) is 16.0. The summed E-state index contributed by atoms with van der Waals surface area (Å²) in [5.74, 6) is 4.76. The van der Waals surface area contributed by atoms with Crippen molar-refractivity contribution in [1.82, 2.24) is 0 Å². The second-order valence-electron chi connectivity index (χ2n) is 14.5. The molecule has 1 aromatic rings. The van der Waals surface area contributed by atoms with Crippen molar-refractivity contribution in [2.45, 2.75) is 116 Å². The van der Waals surface area contributed by atoms with Crippen molar-refractivity contribution in [2.24, 2.45) is 17.3 Å². The quantitative estimate of drug-likeness (QED) is 0.330. The van der Waals surface area contributed by atoms with Crippen molar-refractivity contribution in [3.8, 4) is 17.2 Å². The fourth-order valence-electron chi connectivity index (χ4n) is 7.24. The molecule has 0 spiro atoms. The van der Waals surface area contributed by atoms with E-state index in [-0.39, 0.29) is 0 Å². The van der Waals surface area contributed by atoms with Gasteiger partial charge >= 0.3 is 0 Å². The Balaban J connectivity index is 1.75. The van der Waals surface area contributed by atoms with Gasteiger partial charge in [0.15, 0.2) is 19.8 Å². The van der Waals surface area contributed by atoms with Crippen LogP contribution in [0, 0.1) is 17.3 Å². The van der Waals surface area contributed by atoms with Gasteiger partial charge in [0.2, 0.25) is 22.4 Å². The number of hydrogen-bond acceptors (Lipinski definition) is 4. The van der Waals surface area contributed by atoms with Gasteiger partial charge < -0.3 is 18.0 Å². The Morgan fingerprint density at radius 2 is 1.46 bits per heavy atom. The zero-order valence-electron chi connectivity index (χ0n) is 24.3. The molecule has 1 aromatic carbocycles. The summed E-state index contributed by atoms with van der Waals surface area (Å²) in [5.41, 5.74) is 3.20. The number of benzene rings is 1. The van der Waals surface area contributed by atoms with Gasteiger partial charge in [0.1, 0.15) is 0 Å².